The summed E-state index contributed by atoms with van der Waals surface area (Å²) in [6.45, 7) is 0. The number of aromatic nitrogens is 6. The largest absolute Gasteiger partial charge is 0.420 e. The molecule has 0 saturated heterocycles. The molecule has 148 valence electrons. The maximum atomic E-state index is 5.84. The zero-order valence-electron chi connectivity index (χ0n) is 16.0. The molecule has 0 aliphatic heterocycles. The maximum Gasteiger partial charge on any atom is 0.247 e. The molecule has 0 radical (unpaired) electrons. The first-order valence-corrected chi connectivity index (χ1v) is 10.9. The molecule has 1 N–H and O–H groups in total. The van der Waals surface area contributed by atoms with Gasteiger partial charge in [-0.15, -0.1) is 20.4 Å². The van der Waals surface area contributed by atoms with Crippen LogP contribution in [0.2, 0.25) is 0 Å². The van der Waals surface area contributed by atoms with Gasteiger partial charge < -0.3 is 9.40 Å². The van der Waals surface area contributed by atoms with Crippen LogP contribution in [0.25, 0.3) is 33.7 Å². The average molecular weight is 414 g/mol. The molecule has 5 aromatic rings. The smallest absolute Gasteiger partial charge is 0.247 e. The highest BCUT2D eigenvalue weighted by atomic mass is 32.2. The van der Waals surface area contributed by atoms with E-state index >= 15 is 0 Å². The molecule has 8 heteroatoms. The third-order valence-corrected chi connectivity index (χ3v) is 6.15. The molecule has 1 fully saturated rings. The lowest BCUT2D eigenvalue weighted by Crippen LogP contribution is -1.99. The highest BCUT2D eigenvalue weighted by Crippen LogP contribution is 2.42. The van der Waals surface area contributed by atoms with Gasteiger partial charge in [0.15, 0.2) is 11.0 Å². The number of aromatic amines is 1. The molecule has 3 heterocycles. The summed E-state index contributed by atoms with van der Waals surface area (Å²) in [6.07, 6.45) is 4.32. The highest BCUT2D eigenvalue weighted by molar-refractivity contribution is 7.98. The summed E-state index contributed by atoms with van der Waals surface area (Å²) in [6, 6.07) is 18.5. The fourth-order valence-electron chi connectivity index (χ4n) is 3.61. The van der Waals surface area contributed by atoms with E-state index in [9.17, 15) is 0 Å². The van der Waals surface area contributed by atoms with Crippen LogP contribution in [0.5, 0.6) is 0 Å². The summed E-state index contributed by atoms with van der Waals surface area (Å²) >= 11 is 1.58. The van der Waals surface area contributed by atoms with Crippen LogP contribution < -0.4 is 0 Å². The molecule has 0 spiro atoms. The fourth-order valence-corrected chi connectivity index (χ4v) is 4.46. The van der Waals surface area contributed by atoms with Crippen LogP contribution in [0.3, 0.4) is 0 Å². The van der Waals surface area contributed by atoms with Gasteiger partial charge in [-0.25, -0.2) is 0 Å². The number of hydrogen-bond donors (Lipinski definition) is 1. The van der Waals surface area contributed by atoms with Gasteiger partial charge in [-0.1, -0.05) is 48.2 Å². The maximum absolute atomic E-state index is 5.84. The number of para-hydroxylation sites is 1. The van der Waals surface area contributed by atoms with Gasteiger partial charge in [-0.3, -0.25) is 4.57 Å². The molecule has 2 aromatic carbocycles. The quantitative estimate of drug-likeness (QED) is 0.389. The Morgan fingerprint density at radius 3 is 2.67 bits per heavy atom. The van der Waals surface area contributed by atoms with Crippen LogP contribution in [0.4, 0.5) is 0 Å². The summed E-state index contributed by atoms with van der Waals surface area (Å²) in [4.78, 5) is 3.34. The normalized spacial score (nSPS) is 13.9. The summed E-state index contributed by atoms with van der Waals surface area (Å²) in [5.74, 6) is 2.58. The number of H-pyrrole nitrogens is 1. The van der Waals surface area contributed by atoms with Gasteiger partial charge in [0, 0.05) is 34.3 Å². The molecular weight excluding hydrogens is 396 g/mol. The number of benzene rings is 2. The molecule has 0 amide bonds. The Balaban J connectivity index is 1.28. The Hall–Kier alpha value is -3.39. The van der Waals surface area contributed by atoms with Crippen molar-refractivity contribution >= 4 is 22.7 Å². The van der Waals surface area contributed by atoms with Crippen molar-refractivity contribution in [2.45, 2.75) is 29.8 Å². The topological polar surface area (TPSA) is 85.4 Å². The van der Waals surface area contributed by atoms with Crippen molar-refractivity contribution in [2.75, 3.05) is 0 Å². The third-order valence-electron chi connectivity index (χ3n) is 5.22. The third kappa shape index (κ3) is 3.09. The van der Waals surface area contributed by atoms with Crippen molar-refractivity contribution in [1.82, 2.24) is 29.9 Å². The predicted octanol–water partition coefficient (Wildman–Crippen LogP) is 5.10. The lowest BCUT2D eigenvalue weighted by Gasteiger charge is -2.07. The van der Waals surface area contributed by atoms with E-state index in [4.69, 9.17) is 4.42 Å². The van der Waals surface area contributed by atoms with E-state index < -0.39 is 0 Å². The molecule has 30 heavy (non-hydrogen) atoms. The van der Waals surface area contributed by atoms with Crippen molar-refractivity contribution in [3.05, 3.63) is 66.7 Å². The van der Waals surface area contributed by atoms with Crippen LogP contribution >= 0.6 is 11.8 Å². The number of thioether (sulfide) groups is 1. The van der Waals surface area contributed by atoms with E-state index in [0.29, 0.717) is 23.6 Å². The summed E-state index contributed by atoms with van der Waals surface area (Å²) in [7, 11) is 0. The lowest BCUT2D eigenvalue weighted by atomic mass is 10.1. The van der Waals surface area contributed by atoms with Crippen molar-refractivity contribution in [1.29, 1.82) is 0 Å². The van der Waals surface area contributed by atoms with Crippen molar-refractivity contribution < 1.29 is 4.42 Å². The summed E-state index contributed by atoms with van der Waals surface area (Å²) < 4.78 is 8.10. The van der Waals surface area contributed by atoms with Crippen LogP contribution in [-0.2, 0) is 5.75 Å². The van der Waals surface area contributed by atoms with Gasteiger partial charge in [-0.05, 0) is 31.0 Å². The number of fused-ring (bicyclic) bond motifs is 1. The molecule has 3 aromatic heterocycles. The van der Waals surface area contributed by atoms with Gasteiger partial charge in [0.2, 0.25) is 11.8 Å². The van der Waals surface area contributed by atoms with Crippen LogP contribution in [0.15, 0.2) is 70.4 Å². The van der Waals surface area contributed by atoms with Gasteiger partial charge in [0.05, 0.1) is 5.75 Å². The van der Waals surface area contributed by atoms with Crippen LogP contribution in [0.1, 0.15) is 24.8 Å². The Kier molecular flexibility index (Phi) is 4.16. The number of nitrogens with zero attached hydrogens (tertiary/aromatic N) is 5. The Labute approximate surface area is 176 Å². The Morgan fingerprint density at radius 1 is 0.967 bits per heavy atom. The average Bonchev–Trinajstić information content (AvgIpc) is 3.19. The van der Waals surface area contributed by atoms with Gasteiger partial charge in [-0.2, -0.15) is 0 Å². The fraction of sp³-hybridized carbons (Fsp3) is 0.182. The number of rotatable bonds is 6. The number of hydrogen-bond acceptors (Lipinski definition) is 6. The van der Waals surface area contributed by atoms with Crippen molar-refractivity contribution in [2.24, 2.45) is 0 Å². The van der Waals surface area contributed by atoms with E-state index in [1.54, 1.807) is 11.8 Å². The molecule has 1 aliphatic carbocycles. The summed E-state index contributed by atoms with van der Waals surface area (Å²) in [5.41, 5.74) is 3.11. The Bertz CT molecular complexity index is 1320. The molecule has 1 saturated carbocycles. The van der Waals surface area contributed by atoms with Crippen molar-refractivity contribution in [3.8, 4) is 22.8 Å². The molecular formula is C22H18N6OS. The lowest BCUT2D eigenvalue weighted by molar-refractivity contribution is 0.528. The minimum Gasteiger partial charge on any atom is -0.420 e. The molecule has 7 nitrogen and oxygen atoms in total. The summed E-state index contributed by atoms with van der Waals surface area (Å²) in [5, 5.41) is 19.4. The van der Waals surface area contributed by atoms with Gasteiger partial charge >= 0.3 is 0 Å². The first-order chi connectivity index (χ1) is 14.9. The second kappa shape index (κ2) is 7.14. The SMILES string of the molecule is c1ccc(-c2nnc(CSc3nnc(-c4c[nH]c5ccccc45)n3C3CC3)o2)cc1. The minimum atomic E-state index is 0.453. The molecule has 0 unspecified atom stereocenters. The Morgan fingerprint density at radius 2 is 1.80 bits per heavy atom. The van der Waals surface area contributed by atoms with Crippen molar-refractivity contribution in [3.63, 3.8) is 0 Å². The molecule has 0 atom stereocenters. The van der Waals surface area contributed by atoms with Crippen LogP contribution in [-0.4, -0.2) is 29.9 Å². The van der Waals surface area contributed by atoms with Gasteiger partial charge in [0.1, 0.15) is 0 Å². The van der Waals surface area contributed by atoms with Gasteiger partial charge in [0.25, 0.3) is 0 Å². The molecule has 6 rings (SSSR count). The monoisotopic (exact) mass is 414 g/mol. The number of nitrogens with one attached hydrogen (secondary N) is 1. The van der Waals surface area contributed by atoms with E-state index in [2.05, 4.69) is 42.1 Å². The second-order valence-corrected chi connectivity index (χ2v) is 8.25. The molecule has 0 bridgehead atoms. The first kappa shape index (κ1) is 17.5. The van der Waals surface area contributed by atoms with E-state index in [-0.39, 0.29) is 0 Å². The van der Waals surface area contributed by atoms with E-state index in [0.717, 1.165) is 45.9 Å². The van der Waals surface area contributed by atoms with E-state index in [1.165, 1.54) is 0 Å². The standard InChI is InChI=1S/C22H18N6OS/c1-2-6-14(7-3-1)21-26-24-19(29-21)13-30-22-27-25-20(28(22)15-10-11-15)17-12-23-18-9-5-4-8-16(17)18/h1-9,12,15,23H,10-11,13H2. The first-order valence-electron chi connectivity index (χ1n) is 9.89. The molecule has 1 aliphatic rings. The zero-order chi connectivity index (χ0) is 19.9. The highest BCUT2D eigenvalue weighted by Gasteiger charge is 2.31. The van der Waals surface area contributed by atoms with Crippen LogP contribution in [0, 0.1) is 0 Å². The zero-order valence-corrected chi connectivity index (χ0v) is 16.8. The second-order valence-electron chi connectivity index (χ2n) is 7.31. The predicted molar refractivity (Wildman–Crippen MR) is 115 cm³/mol. The minimum absolute atomic E-state index is 0.453. The van der Waals surface area contributed by atoms with E-state index in [1.807, 2.05) is 48.7 Å².